The van der Waals surface area contributed by atoms with Crippen molar-refractivity contribution in [3.05, 3.63) is 47.5 Å². The molecule has 21 heavy (non-hydrogen) atoms. The SMILES string of the molecule is C=CC1CCC(C2CCc3cc(C4CN4)ccc3C2)CC1. The summed E-state index contributed by atoms with van der Waals surface area (Å²) in [5, 5.41) is 3.42. The van der Waals surface area contributed by atoms with Gasteiger partial charge in [0, 0.05) is 12.6 Å². The molecule has 3 aliphatic rings. The van der Waals surface area contributed by atoms with Crippen LogP contribution in [0.2, 0.25) is 0 Å². The monoisotopic (exact) mass is 281 g/mol. The van der Waals surface area contributed by atoms with Crippen molar-refractivity contribution in [3.63, 3.8) is 0 Å². The predicted octanol–water partition coefficient (Wildman–Crippen LogP) is 4.43. The highest BCUT2D eigenvalue weighted by atomic mass is 15.1. The van der Waals surface area contributed by atoms with Gasteiger partial charge in [-0.2, -0.15) is 0 Å². The molecule has 1 heteroatoms. The molecule has 1 saturated heterocycles. The number of benzene rings is 1. The number of hydrogen-bond acceptors (Lipinski definition) is 1. The van der Waals surface area contributed by atoms with E-state index in [-0.39, 0.29) is 0 Å². The van der Waals surface area contributed by atoms with Crippen molar-refractivity contribution >= 4 is 0 Å². The Labute approximate surface area is 128 Å². The number of rotatable bonds is 3. The van der Waals surface area contributed by atoms with Gasteiger partial charge < -0.3 is 5.32 Å². The smallest absolute Gasteiger partial charge is 0.0447 e. The highest BCUT2D eigenvalue weighted by Gasteiger charge is 2.30. The summed E-state index contributed by atoms with van der Waals surface area (Å²) in [6.07, 6.45) is 11.9. The zero-order valence-electron chi connectivity index (χ0n) is 13.0. The molecule has 0 amide bonds. The van der Waals surface area contributed by atoms with Crippen molar-refractivity contribution in [1.29, 1.82) is 0 Å². The summed E-state index contributed by atoms with van der Waals surface area (Å²) in [6.45, 7) is 5.15. The number of aryl methyl sites for hydroxylation is 1. The molecule has 4 rings (SSSR count). The molecule has 1 aromatic rings. The van der Waals surface area contributed by atoms with E-state index in [1.807, 2.05) is 0 Å². The van der Waals surface area contributed by atoms with E-state index in [9.17, 15) is 0 Å². The van der Waals surface area contributed by atoms with Crippen LogP contribution in [0.3, 0.4) is 0 Å². The Morgan fingerprint density at radius 2 is 1.81 bits per heavy atom. The van der Waals surface area contributed by atoms with Crippen molar-refractivity contribution < 1.29 is 0 Å². The van der Waals surface area contributed by atoms with E-state index in [1.165, 1.54) is 57.1 Å². The second kappa shape index (κ2) is 5.61. The lowest BCUT2D eigenvalue weighted by Gasteiger charge is -2.36. The first-order valence-electron chi connectivity index (χ1n) is 8.81. The quantitative estimate of drug-likeness (QED) is 0.642. The number of nitrogens with one attached hydrogen (secondary N) is 1. The molecule has 2 unspecified atom stereocenters. The van der Waals surface area contributed by atoms with Gasteiger partial charge in [-0.25, -0.2) is 0 Å². The summed E-state index contributed by atoms with van der Waals surface area (Å²) in [5.74, 6) is 2.71. The third-order valence-corrected chi connectivity index (χ3v) is 6.12. The van der Waals surface area contributed by atoms with Gasteiger partial charge in [-0.05, 0) is 79.4 Å². The zero-order valence-corrected chi connectivity index (χ0v) is 13.0. The Morgan fingerprint density at radius 1 is 1.00 bits per heavy atom. The van der Waals surface area contributed by atoms with Crippen LogP contribution in [-0.4, -0.2) is 6.54 Å². The summed E-state index contributed by atoms with van der Waals surface area (Å²) in [5.41, 5.74) is 4.79. The molecule has 0 bridgehead atoms. The van der Waals surface area contributed by atoms with E-state index < -0.39 is 0 Å². The van der Waals surface area contributed by atoms with Crippen LogP contribution in [0.25, 0.3) is 0 Å². The van der Waals surface area contributed by atoms with Crippen molar-refractivity contribution in [1.82, 2.24) is 5.32 Å². The van der Waals surface area contributed by atoms with E-state index >= 15 is 0 Å². The fraction of sp³-hybridized carbons (Fsp3) is 0.600. The van der Waals surface area contributed by atoms with Crippen LogP contribution in [0.5, 0.6) is 0 Å². The Hall–Kier alpha value is -1.08. The van der Waals surface area contributed by atoms with Crippen LogP contribution in [-0.2, 0) is 12.8 Å². The summed E-state index contributed by atoms with van der Waals surface area (Å²) in [4.78, 5) is 0. The molecule has 1 saturated carbocycles. The third kappa shape index (κ3) is 2.81. The first-order valence-corrected chi connectivity index (χ1v) is 8.81. The maximum absolute atomic E-state index is 3.97. The summed E-state index contributed by atoms with van der Waals surface area (Å²) < 4.78 is 0. The van der Waals surface area contributed by atoms with E-state index in [4.69, 9.17) is 0 Å². The minimum Gasteiger partial charge on any atom is -0.307 e. The fourth-order valence-electron chi connectivity index (χ4n) is 4.57. The first kappa shape index (κ1) is 13.6. The van der Waals surface area contributed by atoms with Crippen LogP contribution in [0.4, 0.5) is 0 Å². The first-order chi connectivity index (χ1) is 10.3. The van der Waals surface area contributed by atoms with Gasteiger partial charge in [0.2, 0.25) is 0 Å². The number of allylic oxidation sites excluding steroid dienone is 1. The maximum atomic E-state index is 3.97. The van der Waals surface area contributed by atoms with Gasteiger partial charge in [0.1, 0.15) is 0 Å². The van der Waals surface area contributed by atoms with Gasteiger partial charge in [-0.1, -0.05) is 24.3 Å². The normalized spacial score (nSPS) is 35.0. The Bertz CT molecular complexity index is 521. The van der Waals surface area contributed by atoms with E-state index in [0.717, 1.165) is 17.8 Å². The van der Waals surface area contributed by atoms with Gasteiger partial charge in [0.15, 0.2) is 0 Å². The van der Waals surface area contributed by atoms with Crippen LogP contribution in [0, 0.1) is 17.8 Å². The van der Waals surface area contributed by atoms with Crippen LogP contribution < -0.4 is 5.32 Å². The average molecular weight is 281 g/mol. The number of fused-ring (bicyclic) bond motifs is 1. The van der Waals surface area contributed by atoms with E-state index in [1.54, 1.807) is 11.1 Å². The van der Waals surface area contributed by atoms with Crippen LogP contribution in [0.1, 0.15) is 54.8 Å². The van der Waals surface area contributed by atoms with Gasteiger partial charge in [0.05, 0.1) is 0 Å². The summed E-state index contributed by atoms with van der Waals surface area (Å²) in [7, 11) is 0. The molecule has 2 fully saturated rings. The lowest BCUT2D eigenvalue weighted by Crippen LogP contribution is -2.26. The standard InChI is InChI=1S/C20H27N/c1-2-14-3-5-15(6-4-14)16-7-8-18-12-19(20-13-21-20)10-9-17(18)11-16/h2,9-10,12,14-16,20-21H,1,3-8,11,13H2. The minimum absolute atomic E-state index is 0.655. The average Bonchev–Trinajstić information content (AvgIpc) is 3.39. The van der Waals surface area contributed by atoms with Crippen LogP contribution >= 0.6 is 0 Å². The van der Waals surface area contributed by atoms with Crippen molar-refractivity contribution in [2.45, 2.75) is 51.0 Å². The Kier molecular flexibility index (Phi) is 3.62. The summed E-state index contributed by atoms with van der Waals surface area (Å²) >= 11 is 0. The molecule has 2 atom stereocenters. The molecule has 1 heterocycles. The lowest BCUT2D eigenvalue weighted by molar-refractivity contribution is 0.206. The van der Waals surface area contributed by atoms with Gasteiger partial charge >= 0.3 is 0 Å². The lowest BCUT2D eigenvalue weighted by atomic mass is 9.69. The largest absolute Gasteiger partial charge is 0.307 e. The molecule has 1 aromatic carbocycles. The molecule has 2 aliphatic carbocycles. The molecular weight excluding hydrogens is 254 g/mol. The molecule has 1 nitrogen and oxygen atoms in total. The molecule has 1 aliphatic heterocycles. The van der Waals surface area contributed by atoms with E-state index in [2.05, 4.69) is 36.2 Å². The Morgan fingerprint density at radius 3 is 2.52 bits per heavy atom. The topological polar surface area (TPSA) is 21.9 Å². The minimum atomic E-state index is 0.655. The second-order valence-electron chi connectivity index (χ2n) is 7.40. The molecule has 112 valence electrons. The highest BCUT2D eigenvalue weighted by molar-refractivity contribution is 5.37. The Balaban J connectivity index is 1.43. The fourth-order valence-corrected chi connectivity index (χ4v) is 4.57. The third-order valence-electron chi connectivity index (χ3n) is 6.12. The molecule has 0 aromatic heterocycles. The second-order valence-corrected chi connectivity index (χ2v) is 7.40. The van der Waals surface area contributed by atoms with Crippen LogP contribution in [0.15, 0.2) is 30.9 Å². The molecule has 0 radical (unpaired) electrons. The van der Waals surface area contributed by atoms with E-state index in [0.29, 0.717) is 6.04 Å². The van der Waals surface area contributed by atoms with Crippen molar-refractivity contribution in [3.8, 4) is 0 Å². The number of hydrogen-bond donors (Lipinski definition) is 1. The molecular formula is C20H27N. The van der Waals surface area contributed by atoms with Crippen molar-refractivity contribution in [2.75, 3.05) is 6.54 Å². The molecule has 0 spiro atoms. The van der Waals surface area contributed by atoms with Gasteiger partial charge in [0.25, 0.3) is 0 Å². The highest BCUT2D eigenvalue weighted by Crippen LogP contribution is 2.40. The van der Waals surface area contributed by atoms with Gasteiger partial charge in [-0.3, -0.25) is 0 Å². The summed E-state index contributed by atoms with van der Waals surface area (Å²) in [6, 6.07) is 7.92. The van der Waals surface area contributed by atoms with Gasteiger partial charge in [-0.15, -0.1) is 6.58 Å². The maximum Gasteiger partial charge on any atom is 0.0447 e. The zero-order chi connectivity index (χ0) is 14.2. The predicted molar refractivity (Wildman–Crippen MR) is 88.3 cm³/mol. The van der Waals surface area contributed by atoms with Crippen molar-refractivity contribution in [2.24, 2.45) is 17.8 Å². The molecule has 1 N–H and O–H groups in total.